The van der Waals surface area contributed by atoms with Gasteiger partial charge in [-0.3, -0.25) is 4.84 Å². The van der Waals surface area contributed by atoms with Gasteiger partial charge in [-0.25, -0.2) is 4.79 Å². The van der Waals surface area contributed by atoms with Crippen molar-refractivity contribution in [3.63, 3.8) is 0 Å². The number of anilines is 2. The van der Waals surface area contributed by atoms with E-state index in [9.17, 15) is 4.79 Å². The number of nitrogens with zero attached hydrogens (tertiary/aromatic N) is 1. The maximum atomic E-state index is 11.9. The number of benzene rings is 1. The maximum absolute atomic E-state index is 11.9. The van der Waals surface area contributed by atoms with Crippen molar-refractivity contribution in [1.82, 2.24) is 0 Å². The molecule has 100 valence electrons. The Kier molecular flexibility index (Phi) is 5.78. The Morgan fingerprint density at radius 3 is 2.50 bits per heavy atom. The third-order valence-electron chi connectivity index (χ3n) is 2.71. The van der Waals surface area contributed by atoms with Crippen LogP contribution in [0.5, 0.6) is 0 Å². The number of carbonyl (C=O) groups excluding carboxylic acids is 1. The zero-order valence-corrected chi connectivity index (χ0v) is 11.8. The molecule has 0 aliphatic carbocycles. The summed E-state index contributed by atoms with van der Waals surface area (Å²) in [7, 11) is 0. The predicted molar refractivity (Wildman–Crippen MR) is 75.4 cm³/mol. The van der Waals surface area contributed by atoms with Gasteiger partial charge in [0.2, 0.25) is 0 Å². The number of carbonyl (C=O) groups is 1. The van der Waals surface area contributed by atoms with E-state index >= 15 is 0 Å². The molecule has 1 aromatic carbocycles. The highest BCUT2D eigenvalue weighted by atomic mass is 35.5. The van der Waals surface area contributed by atoms with Gasteiger partial charge in [0.25, 0.3) is 0 Å². The fraction of sp³-hybridized carbons (Fsp3) is 0.462. The van der Waals surface area contributed by atoms with Crippen molar-refractivity contribution in [2.24, 2.45) is 0 Å². The first kappa shape index (κ1) is 14.6. The number of hydrogen-bond donors (Lipinski definition) is 1. The van der Waals surface area contributed by atoms with Gasteiger partial charge in [-0.15, -0.1) is 0 Å². The Balaban J connectivity index is 3.19. The first-order chi connectivity index (χ1) is 8.67. The predicted octanol–water partition coefficient (Wildman–Crippen LogP) is 3.28. The highest BCUT2D eigenvalue weighted by molar-refractivity contribution is 6.24. The second kappa shape index (κ2) is 7.11. The SMILES string of the molecule is CCOC(=O)c1ccc(NCl)cc1N(CC)CC. The number of esters is 1. The average molecular weight is 271 g/mol. The zero-order chi connectivity index (χ0) is 13.5. The van der Waals surface area contributed by atoms with Gasteiger partial charge in [-0.1, -0.05) is 0 Å². The fourth-order valence-electron chi connectivity index (χ4n) is 1.80. The Morgan fingerprint density at radius 2 is 2.00 bits per heavy atom. The third kappa shape index (κ3) is 3.29. The summed E-state index contributed by atoms with van der Waals surface area (Å²) in [6.07, 6.45) is 0. The minimum atomic E-state index is -0.305. The molecule has 0 fully saturated rings. The zero-order valence-electron chi connectivity index (χ0n) is 11.0. The van der Waals surface area contributed by atoms with Crippen LogP contribution in [0, 0.1) is 0 Å². The Labute approximate surface area is 113 Å². The summed E-state index contributed by atoms with van der Waals surface area (Å²) in [4.78, 5) is 16.5. The molecule has 0 saturated heterocycles. The second-order valence-electron chi connectivity index (χ2n) is 3.72. The Hall–Kier alpha value is -1.42. The number of nitrogens with one attached hydrogen (secondary N) is 1. The van der Waals surface area contributed by atoms with Crippen LogP contribution in [0.4, 0.5) is 11.4 Å². The molecule has 0 saturated carbocycles. The molecule has 1 aromatic rings. The first-order valence-corrected chi connectivity index (χ1v) is 6.48. The normalized spacial score (nSPS) is 10.0. The van der Waals surface area contributed by atoms with Crippen LogP contribution in [-0.2, 0) is 4.74 Å². The molecule has 18 heavy (non-hydrogen) atoms. The monoisotopic (exact) mass is 270 g/mol. The minimum absolute atomic E-state index is 0.305. The topological polar surface area (TPSA) is 41.6 Å². The number of rotatable bonds is 6. The summed E-state index contributed by atoms with van der Waals surface area (Å²) in [5, 5.41) is 0. The van der Waals surface area contributed by atoms with Gasteiger partial charge in [-0.05, 0) is 39.0 Å². The number of halogens is 1. The van der Waals surface area contributed by atoms with E-state index in [1.165, 1.54) is 0 Å². The van der Waals surface area contributed by atoms with Crippen LogP contribution in [0.3, 0.4) is 0 Å². The third-order valence-corrected chi connectivity index (χ3v) is 2.92. The largest absolute Gasteiger partial charge is 0.462 e. The van der Waals surface area contributed by atoms with E-state index in [1.54, 1.807) is 19.1 Å². The molecule has 0 spiro atoms. The standard InChI is InChI=1S/C13H19ClN2O2/c1-4-16(5-2)12-9-10(15-14)7-8-11(12)13(17)18-6-3/h7-9,15H,4-6H2,1-3H3. The first-order valence-electron chi connectivity index (χ1n) is 6.10. The Morgan fingerprint density at radius 1 is 1.33 bits per heavy atom. The molecular formula is C13H19ClN2O2. The molecule has 1 N–H and O–H groups in total. The lowest BCUT2D eigenvalue weighted by Crippen LogP contribution is -2.24. The molecule has 0 radical (unpaired) electrons. The molecule has 0 aromatic heterocycles. The highest BCUT2D eigenvalue weighted by Crippen LogP contribution is 2.26. The van der Waals surface area contributed by atoms with Gasteiger partial charge in [0.15, 0.2) is 0 Å². The van der Waals surface area contributed by atoms with Crippen molar-refractivity contribution >= 4 is 29.1 Å². The Bertz CT molecular complexity index is 406. The lowest BCUT2D eigenvalue weighted by molar-refractivity contribution is 0.0527. The quantitative estimate of drug-likeness (QED) is 0.636. The van der Waals surface area contributed by atoms with Crippen LogP contribution in [-0.4, -0.2) is 25.7 Å². The van der Waals surface area contributed by atoms with Crippen LogP contribution < -0.4 is 9.74 Å². The van der Waals surface area contributed by atoms with Gasteiger partial charge >= 0.3 is 5.97 Å². The van der Waals surface area contributed by atoms with Crippen molar-refractivity contribution in [2.45, 2.75) is 20.8 Å². The smallest absolute Gasteiger partial charge is 0.340 e. The van der Waals surface area contributed by atoms with E-state index in [0.29, 0.717) is 12.2 Å². The summed E-state index contributed by atoms with van der Waals surface area (Å²) < 4.78 is 5.06. The molecule has 0 heterocycles. The summed E-state index contributed by atoms with van der Waals surface area (Å²) in [6, 6.07) is 5.34. The highest BCUT2D eigenvalue weighted by Gasteiger charge is 2.16. The molecule has 0 aliphatic heterocycles. The van der Waals surface area contributed by atoms with Crippen molar-refractivity contribution in [1.29, 1.82) is 0 Å². The molecule has 0 atom stereocenters. The van der Waals surface area contributed by atoms with E-state index < -0.39 is 0 Å². The van der Waals surface area contributed by atoms with Gasteiger partial charge in [0.05, 0.1) is 23.5 Å². The van der Waals surface area contributed by atoms with E-state index in [1.807, 2.05) is 19.9 Å². The molecule has 0 unspecified atom stereocenters. The molecule has 1 rings (SSSR count). The van der Waals surface area contributed by atoms with E-state index in [-0.39, 0.29) is 5.97 Å². The summed E-state index contributed by atoms with van der Waals surface area (Å²) in [5.41, 5.74) is 2.16. The number of hydrogen-bond acceptors (Lipinski definition) is 4. The molecule has 0 aliphatic rings. The van der Waals surface area contributed by atoms with Crippen molar-refractivity contribution in [2.75, 3.05) is 29.4 Å². The molecule has 0 amide bonds. The van der Waals surface area contributed by atoms with Crippen LogP contribution >= 0.6 is 11.8 Å². The summed E-state index contributed by atoms with van der Waals surface area (Å²) in [5.74, 6) is -0.305. The average Bonchev–Trinajstić information content (AvgIpc) is 2.40. The van der Waals surface area contributed by atoms with E-state index in [4.69, 9.17) is 16.5 Å². The molecule has 0 bridgehead atoms. The maximum Gasteiger partial charge on any atom is 0.340 e. The number of ether oxygens (including phenoxy) is 1. The van der Waals surface area contributed by atoms with Crippen LogP contribution in [0.2, 0.25) is 0 Å². The van der Waals surface area contributed by atoms with Gasteiger partial charge in [0, 0.05) is 24.9 Å². The molecule has 4 nitrogen and oxygen atoms in total. The second-order valence-corrected chi connectivity index (χ2v) is 3.91. The molecule has 5 heteroatoms. The van der Waals surface area contributed by atoms with Gasteiger partial charge in [0.1, 0.15) is 0 Å². The lowest BCUT2D eigenvalue weighted by Gasteiger charge is -2.24. The van der Waals surface area contributed by atoms with Crippen molar-refractivity contribution in [3.8, 4) is 0 Å². The minimum Gasteiger partial charge on any atom is -0.462 e. The van der Waals surface area contributed by atoms with Crippen LogP contribution in [0.1, 0.15) is 31.1 Å². The van der Waals surface area contributed by atoms with Gasteiger partial charge < -0.3 is 9.64 Å². The van der Waals surface area contributed by atoms with Crippen molar-refractivity contribution < 1.29 is 9.53 Å². The summed E-state index contributed by atoms with van der Waals surface area (Å²) >= 11 is 5.60. The van der Waals surface area contributed by atoms with E-state index in [2.05, 4.69) is 9.74 Å². The van der Waals surface area contributed by atoms with Crippen molar-refractivity contribution in [3.05, 3.63) is 23.8 Å². The van der Waals surface area contributed by atoms with Crippen LogP contribution in [0.15, 0.2) is 18.2 Å². The van der Waals surface area contributed by atoms with Gasteiger partial charge in [-0.2, -0.15) is 0 Å². The van der Waals surface area contributed by atoms with E-state index in [0.717, 1.165) is 24.5 Å². The lowest BCUT2D eigenvalue weighted by atomic mass is 10.1. The molecular weight excluding hydrogens is 252 g/mol. The summed E-state index contributed by atoms with van der Waals surface area (Å²) in [6.45, 7) is 7.87. The fourth-order valence-corrected chi connectivity index (χ4v) is 1.92. The van der Waals surface area contributed by atoms with Crippen LogP contribution in [0.25, 0.3) is 0 Å².